The number of nitrogens with zero attached hydrogens (tertiary/aromatic N) is 2. The smallest absolute Gasteiger partial charge is 0.222 e. The Morgan fingerprint density at radius 1 is 1.46 bits per heavy atom. The Bertz CT molecular complexity index is 281. The lowest BCUT2D eigenvalue weighted by atomic mass is 10.1. The fourth-order valence-corrected chi connectivity index (χ4v) is 1.28. The summed E-state index contributed by atoms with van der Waals surface area (Å²) in [6, 6.07) is 0. The van der Waals surface area contributed by atoms with Gasteiger partial charge in [0.1, 0.15) is 0 Å². The molecule has 1 aromatic heterocycles. The van der Waals surface area contributed by atoms with Gasteiger partial charge in [-0.25, -0.2) is 9.97 Å². The molecular formula is C10H17N3. The van der Waals surface area contributed by atoms with E-state index in [-0.39, 0.29) is 0 Å². The highest BCUT2D eigenvalue weighted by molar-refractivity contribution is 5.30. The van der Waals surface area contributed by atoms with Crippen LogP contribution < -0.4 is 5.32 Å². The van der Waals surface area contributed by atoms with Crippen LogP contribution in [0.4, 0.5) is 5.95 Å². The second-order valence-electron chi connectivity index (χ2n) is 3.45. The predicted molar refractivity (Wildman–Crippen MR) is 55.0 cm³/mol. The highest BCUT2D eigenvalue weighted by Crippen LogP contribution is 2.16. The van der Waals surface area contributed by atoms with Gasteiger partial charge in [0.15, 0.2) is 0 Å². The zero-order chi connectivity index (χ0) is 9.84. The third kappa shape index (κ3) is 2.41. The van der Waals surface area contributed by atoms with E-state index >= 15 is 0 Å². The first-order valence-corrected chi connectivity index (χ1v) is 4.72. The topological polar surface area (TPSA) is 37.8 Å². The van der Waals surface area contributed by atoms with Crippen LogP contribution in [0.5, 0.6) is 0 Å². The van der Waals surface area contributed by atoms with Gasteiger partial charge in [0.25, 0.3) is 0 Å². The van der Waals surface area contributed by atoms with Crippen molar-refractivity contribution in [1.82, 2.24) is 9.97 Å². The number of hydrogen-bond acceptors (Lipinski definition) is 3. The van der Waals surface area contributed by atoms with Gasteiger partial charge in [-0.05, 0) is 25.3 Å². The maximum absolute atomic E-state index is 4.44. The summed E-state index contributed by atoms with van der Waals surface area (Å²) < 4.78 is 0. The van der Waals surface area contributed by atoms with Crippen molar-refractivity contribution in [2.75, 3.05) is 11.9 Å². The van der Waals surface area contributed by atoms with Crippen LogP contribution in [0.15, 0.2) is 6.20 Å². The van der Waals surface area contributed by atoms with Crippen molar-refractivity contribution in [2.24, 2.45) is 0 Å². The molecule has 1 rings (SSSR count). The Labute approximate surface area is 79.6 Å². The monoisotopic (exact) mass is 179 g/mol. The minimum absolute atomic E-state index is 0.459. The highest BCUT2D eigenvalue weighted by atomic mass is 15.1. The van der Waals surface area contributed by atoms with Crippen LogP contribution in [0.25, 0.3) is 0 Å². The maximum atomic E-state index is 4.44. The Hall–Kier alpha value is -1.12. The summed E-state index contributed by atoms with van der Waals surface area (Å²) in [6.45, 7) is 9.24. The summed E-state index contributed by atoms with van der Waals surface area (Å²) in [5.74, 6) is 1.19. The first-order chi connectivity index (χ1) is 6.15. The molecule has 0 saturated carbocycles. The summed E-state index contributed by atoms with van der Waals surface area (Å²) in [5.41, 5.74) is 2.29. The standard InChI is InChI=1S/C10H17N3/c1-5-11-10-12-6-8(4)9(13-10)7(2)3/h6-7H,5H2,1-4H3,(H,11,12,13). The van der Waals surface area contributed by atoms with Gasteiger partial charge in [-0.15, -0.1) is 0 Å². The van der Waals surface area contributed by atoms with Crippen molar-refractivity contribution in [1.29, 1.82) is 0 Å². The normalized spacial score (nSPS) is 10.5. The average Bonchev–Trinajstić information content (AvgIpc) is 2.08. The summed E-state index contributed by atoms with van der Waals surface area (Å²) >= 11 is 0. The molecule has 1 N–H and O–H groups in total. The molecule has 0 amide bonds. The molecular weight excluding hydrogens is 162 g/mol. The van der Waals surface area contributed by atoms with Gasteiger partial charge in [-0.1, -0.05) is 13.8 Å². The Morgan fingerprint density at radius 3 is 2.69 bits per heavy atom. The zero-order valence-corrected chi connectivity index (χ0v) is 8.76. The van der Waals surface area contributed by atoms with E-state index in [2.05, 4.69) is 29.1 Å². The van der Waals surface area contributed by atoms with Crippen LogP contribution in [-0.2, 0) is 0 Å². The zero-order valence-electron chi connectivity index (χ0n) is 8.76. The van der Waals surface area contributed by atoms with Crippen molar-refractivity contribution in [3.8, 4) is 0 Å². The van der Waals surface area contributed by atoms with Crippen molar-refractivity contribution in [2.45, 2.75) is 33.6 Å². The van der Waals surface area contributed by atoms with Gasteiger partial charge in [-0.3, -0.25) is 0 Å². The summed E-state index contributed by atoms with van der Waals surface area (Å²) in [7, 11) is 0. The molecule has 0 aliphatic rings. The molecule has 0 bridgehead atoms. The van der Waals surface area contributed by atoms with Crippen molar-refractivity contribution in [3.05, 3.63) is 17.5 Å². The third-order valence-electron chi connectivity index (χ3n) is 1.89. The summed E-state index contributed by atoms with van der Waals surface area (Å²) in [6.07, 6.45) is 1.88. The van der Waals surface area contributed by atoms with Gasteiger partial charge < -0.3 is 5.32 Å². The van der Waals surface area contributed by atoms with Crippen LogP contribution in [-0.4, -0.2) is 16.5 Å². The molecule has 0 aromatic carbocycles. The fraction of sp³-hybridized carbons (Fsp3) is 0.600. The van der Waals surface area contributed by atoms with Gasteiger partial charge in [0.2, 0.25) is 5.95 Å². The largest absolute Gasteiger partial charge is 0.354 e. The van der Waals surface area contributed by atoms with Crippen LogP contribution in [0.1, 0.15) is 37.9 Å². The lowest BCUT2D eigenvalue weighted by Crippen LogP contribution is -2.06. The second kappa shape index (κ2) is 4.21. The van der Waals surface area contributed by atoms with E-state index < -0.39 is 0 Å². The van der Waals surface area contributed by atoms with Crippen LogP contribution in [0.3, 0.4) is 0 Å². The lowest BCUT2D eigenvalue weighted by molar-refractivity contribution is 0.802. The predicted octanol–water partition coefficient (Wildman–Crippen LogP) is 2.34. The molecule has 0 atom stereocenters. The number of hydrogen-bond donors (Lipinski definition) is 1. The van der Waals surface area contributed by atoms with Gasteiger partial charge in [-0.2, -0.15) is 0 Å². The van der Waals surface area contributed by atoms with E-state index in [4.69, 9.17) is 0 Å². The van der Waals surface area contributed by atoms with Gasteiger partial charge in [0, 0.05) is 12.7 Å². The Balaban J connectivity index is 2.97. The third-order valence-corrected chi connectivity index (χ3v) is 1.89. The quantitative estimate of drug-likeness (QED) is 0.774. The van der Waals surface area contributed by atoms with Gasteiger partial charge >= 0.3 is 0 Å². The number of nitrogens with one attached hydrogen (secondary N) is 1. The van der Waals surface area contributed by atoms with E-state index in [1.807, 2.05) is 20.0 Å². The van der Waals surface area contributed by atoms with E-state index in [1.165, 1.54) is 0 Å². The molecule has 0 fully saturated rings. The first kappa shape index (κ1) is 9.96. The molecule has 13 heavy (non-hydrogen) atoms. The molecule has 3 heteroatoms. The van der Waals surface area contributed by atoms with E-state index in [0.717, 1.165) is 23.8 Å². The highest BCUT2D eigenvalue weighted by Gasteiger charge is 2.06. The Kier molecular flexibility index (Phi) is 3.23. The van der Waals surface area contributed by atoms with E-state index in [1.54, 1.807) is 0 Å². The Morgan fingerprint density at radius 2 is 2.15 bits per heavy atom. The van der Waals surface area contributed by atoms with E-state index in [9.17, 15) is 0 Å². The molecule has 0 saturated heterocycles. The minimum Gasteiger partial charge on any atom is -0.354 e. The van der Waals surface area contributed by atoms with Gasteiger partial charge in [0.05, 0.1) is 5.69 Å². The summed E-state index contributed by atoms with van der Waals surface area (Å²) in [5, 5.41) is 3.11. The molecule has 0 aliphatic carbocycles. The van der Waals surface area contributed by atoms with Crippen LogP contribution in [0, 0.1) is 6.92 Å². The molecule has 72 valence electrons. The minimum atomic E-state index is 0.459. The first-order valence-electron chi connectivity index (χ1n) is 4.72. The molecule has 0 aliphatic heterocycles. The number of rotatable bonds is 3. The summed E-state index contributed by atoms with van der Waals surface area (Å²) in [4.78, 5) is 8.63. The molecule has 0 unspecified atom stereocenters. The lowest BCUT2D eigenvalue weighted by Gasteiger charge is -2.09. The number of aromatic nitrogens is 2. The fourth-order valence-electron chi connectivity index (χ4n) is 1.28. The molecule has 0 spiro atoms. The SMILES string of the molecule is CCNc1ncc(C)c(C(C)C)n1. The van der Waals surface area contributed by atoms with Crippen molar-refractivity contribution >= 4 is 5.95 Å². The van der Waals surface area contributed by atoms with Crippen LogP contribution >= 0.6 is 0 Å². The van der Waals surface area contributed by atoms with Crippen LogP contribution in [0.2, 0.25) is 0 Å². The molecule has 1 heterocycles. The second-order valence-corrected chi connectivity index (χ2v) is 3.45. The molecule has 3 nitrogen and oxygen atoms in total. The van der Waals surface area contributed by atoms with Crippen molar-refractivity contribution in [3.63, 3.8) is 0 Å². The van der Waals surface area contributed by atoms with E-state index in [0.29, 0.717) is 5.92 Å². The average molecular weight is 179 g/mol. The maximum Gasteiger partial charge on any atom is 0.222 e. The number of aryl methyl sites for hydroxylation is 1. The molecule has 0 radical (unpaired) electrons. The molecule has 1 aromatic rings. The number of anilines is 1. The van der Waals surface area contributed by atoms with Crippen molar-refractivity contribution < 1.29 is 0 Å².